The van der Waals surface area contributed by atoms with Gasteiger partial charge in [0.15, 0.2) is 0 Å². The smallest absolute Gasteiger partial charge is 0.324 e. The molecular weight excluding hydrogens is 416 g/mol. The summed E-state index contributed by atoms with van der Waals surface area (Å²) in [7, 11) is 0. The van der Waals surface area contributed by atoms with Gasteiger partial charge in [-0.2, -0.15) is 13.2 Å². The molecule has 1 unspecified atom stereocenters. The molecule has 0 aromatic heterocycles. The Labute approximate surface area is 169 Å². The molecule has 0 saturated carbocycles. The molecular formula is C19H15Cl2F3N2O2. The van der Waals surface area contributed by atoms with Crippen LogP contribution in [0.3, 0.4) is 0 Å². The van der Waals surface area contributed by atoms with Crippen molar-refractivity contribution >= 4 is 46.4 Å². The molecule has 2 amide bonds. The number of nitrogens with one attached hydrogen (secondary N) is 1. The second kappa shape index (κ2) is 7.64. The van der Waals surface area contributed by atoms with Crippen LogP contribution in [0.25, 0.3) is 0 Å². The molecule has 1 aliphatic heterocycles. The molecule has 1 heterocycles. The number of anilines is 2. The summed E-state index contributed by atoms with van der Waals surface area (Å²) in [5.74, 6) is -1.57. The van der Waals surface area contributed by atoms with E-state index in [0.29, 0.717) is 10.7 Å². The second-order valence-electron chi connectivity index (χ2n) is 6.52. The predicted molar refractivity (Wildman–Crippen MR) is 102 cm³/mol. The SMILES string of the molecule is Cc1ccc(N2CC(C(=O)Nc3cc(C(F)(F)F)ccc3Cl)CC2=O)cc1Cl. The number of alkyl halides is 3. The number of amides is 2. The molecule has 148 valence electrons. The molecule has 2 aromatic carbocycles. The fraction of sp³-hybridized carbons (Fsp3) is 0.263. The van der Waals surface area contributed by atoms with Crippen LogP contribution in [-0.2, 0) is 15.8 Å². The number of hydrogen-bond donors (Lipinski definition) is 1. The first-order chi connectivity index (χ1) is 13.1. The summed E-state index contributed by atoms with van der Waals surface area (Å²) < 4.78 is 38.6. The van der Waals surface area contributed by atoms with E-state index in [9.17, 15) is 22.8 Å². The monoisotopic (exact) mass is 430 g/mol. The summed E-state index contributed by atoms with van der Waals surface area (Å²) >= 11 is 12.0. The number of halogens is 5. The predicted octanol–water partition coefficient (Wildman–Crippen LogP) is 5.31. The van der Waals surface area contributed by atoms with Crippen molar-refractivity contribution in [2.75, 3.05) is 16.8 Å². The minimum Gasteiger partial charge on any atom is -0.324 e. The highest BCUT2D eigenvalue weighted by Crippen LogP contribution is 2.35. The Morgan fingerprint density at radius 3 is 2.50 bits per heavy atom. The molecule has 1 aliphatic rings. The van der Waals surface area contributed by atoms with Gasteiger partial charge in [-0.15, -0.1) is 0 Å². The van der Waals surface area contributed by atoms with E-state index in [1.54, 1.807) is 18.2 Å². The second-order valence-corrected chi connectivity index (χ2v) is 7.33. The summed E-state index contributed by atoms with van der Waals surface area (Å²) in [6.07, 6.45) is -4.62. The Bertz CT molecular complexity index is 947. The third-order valence-corrected chi connectivity index (χ3v) is 5.25. The number of nitrogens with zero attached hydrogens (tertiary/aromatic N) is 1. The van der Waals surface area contributed by atoms with Crippen LogP contribution in [0.1, 0.15) is 17.5 Å². The molecule has 28 heavy (non-hydrogen) atoms. The molecule has 0 aliphatic carbocycles. The van der Waals surface area contributed by atoms with Gasteiger partial charge in [0.2, 0.25) is 11.8 Å². The lowest BCUT2D eigenvalue weighted by Crippen LogP contribution is -2.28. The van der Waals surface area contributed by atoms with E-state index >= 15 is 0 Å². The van der Waals surface area contributed by atoms with Gasteiger partial charge < -0.3 is 10.2 Å². The standard InChI is InChI=1S/C19H15Cl2F3N2O2/c1-10-2-4-13(8-15(10)21)26-9-11(6-17(26)27)18(28)25-16-7-12(19(22,23)24)3-5-14(16)20/h2-5,7-8,11H,6,9H2,1H3,(H,25,28). The normalized spacial score (nSPS) is 17.1. The van der Waals surface area contributed by atoms with Crippen LogP contribution >= 0.6 is 23.2 Å². The van der Waals surface area contributed by atoms with Gasteiger partial charge in [-0.3, -0.25) is 9.59 Å². The van der Waals surface area contributed by atoms with Crippen LogP contribution in [0.15, 0.2) is 36.4 Å². The first-order valence-corrected chi connectivity index (χ1v) is 9.06. The molecule has 1 fully saturated rings. The molecule has 0 bridgehead atoms. The van der Waals surface area contributed by atoms with E-state index in [2.05, 4.69) is 5.32 Å². The quantitative estimate of drug-likeness (QED) is 0.716. The van der Waals surface area contributed by atoms with Gasteiger partial charge in [-0.1, -0.05) is 29.3 Å². The molecule has 1 atom stereocenters. The Kier molecular flexibility index (Phi) is 5.59. The zero-order chi connectivity index (χ0) is 20.6. The molecule has 0 radical (unpaired) electrons. The Morgan fingerprint density at radius 1 is 1.14 bits per heavy atom. The maximum absolute atomic E-state index is 12.9. The van der Waals surface area contributed by atoms with Crippen molar-refractivity contribution in [1.29, 1.82) is 0 Å². The van der Waals surface area contributed by atoms with Crippen LogP contribution < -0.4 is 10.2 Å². The van der Waals surface area contributed by atoms with Crippen LogP contribution in [-0.4, -0.2) is 18.4 Å². The van der Waals surface area contributed by atoms with Crippen molar-refractivity contribution in [2.45, 2.75) is 19.5 Å². The van der Waals surface area contributed by atoms with E-state index in [0.717, 1.165) is 23.8 Å². The molecule has 1 N–H and O–H groups in total. The van der Waals surface area contributed by atoms with Crippen molar-refractivity contribution < 1.29 is 22.8 Å². The lowest BCUT2D eigenvalue weighted by atomic mass is 10.1. The molecule has 4 nitrogen and oxygen atoms in total. The summed E-state index contributed by atoms with van der Waals surface area (Å²) in [5, 5.41) is 2.88. The summed E-state index contributed by atoms with van der Waals surface area (Å²) in [6, 6.07) is 7.80. The van der Waals surface area contributed by atoms with E-state index < -0.39 is 23.6 Å². The zero-order valence-corrected chi connectivity index (χ0v) is 16.1. The zero-order valence-electron chi connectivity index (χ0n) is 14.6. The minimum atomic E-state index is -4.56. The lowest BCUT2D eigenvalue weighted by Gasteiger charge is -2.18. The highest BCUT2D eigenvalue weighted by atomic mass is 35.5. The van der Waals surface area contributed by atoms with Crippen LogP contribution in [0.5, 0.6) is 0 Å². The van der Waals surface area contributed by atoms with Gasteiger partial charge in [-0.25, -0.2) is 0 Å². The molecule has 1 saturated heterocycles. The summed E-state index contributed by atoms with van der Waals surface area (Å²) in [4.78, 5) is 26.3. The molecule has 9 heteroatoms. The van der Waals surface area contributed by atoms with Crippen molar-refractivity contribution in [3.63, 3.8) is 0 Å². The van der Waals surface area contributed by atoms with Crippen molar-refractivity contribution in [3.8, 4) is 0 Å². The van der Waals surface area contributed by atoms with Gasteiger partial charge in [0.1, 0.15) is 0 Å². The highest BCUT2D eigenvalue weighted by Gasteiger charge is 2.36. The first-order valence-electron chi connectivity index (χ1n) is 8.30. The van der Waals surface area contributed by atoms with E-state index in [4.69, 9.17) is 23.2 Å². The third kappa shape index (κ3) is 4.25. The van der Waals surface area contributed by atoms with Crippen molar-refractivity contribution in [3.05, 3.63) is 57.6 Å². The average molecular weight is 431 g/mol. The van der Waals surface area contributed by atoms with E-state index in [1.807, 2.05) is 6.92 Å². The van der Waals surface area contributed by atoms with Gasteiger partial charge in [0, 0.05) is 23.7 Å². The number of carbonyl (C=O) groups is 2. The topological polar surface area (TPSA) is 49.4 Å². The summed E-state index contributed by atoms with van der Waals surface area (Å²) in [6.45, 7) is 1.92. The van der Waals surface area contributed by atoms with Gasteiger partial charge in [0.25, 0.3) is 0 Å². The summed E-state index contributed by atoms with van der Waals surface area (Å²) in [5.41, 5.74) is 0.343. The number of rotatable bonds is 3. The van der Waals surface area contributed by atoms with Crippen molar-refractivity contribution in [2.24, 2.45) is 5.92 Å². The largest absolute Gasteiger partial charge is 0.416 e. The number of aryl methyl sites for hydroxylation is 1. The first kappa shape index (κ1) is 20.5. The van der Waals surface area contributed by atoms with E-state index in [1.165, 1.54) is 4.90 Å². The van der Waals surface area contributed by atoms with Crippen LogP contribution in [0.4, 0.5) is 24.5 Å². The lowest BCUT2D eigenvalue weighted by molar-refractivity contribution is -0.137. The minimum absolute atomic E-state index is 0.0205. The van der Waals surface area contributed by atoms with Gasteiger partial charge >= 0.3 is 6.18 Å². The average Bonchev–Trinajstić information content (AvgIpc) is 3.00. The maximum atomic E-state index is 12.9. The highest BCUT2D eigenvalue weighted by molar-refractivity contribution is 6.33. The van der Waals surface area contributed by atoms with Crippen molar-refractivity contribution in [1.82, 2.24) is 0 Å². The molecule has 2 aromatic rings. The number of benzene rings is 2. The Morgan fingerprint density at radius 2 is 1.86 bits per heavy atom. The van der Waals surface area contributed by atoms with Gasteiger partial charge in [0.05, 0.1) is 22.2 Å². The number of hydrogen-bond acceptors (Lipinski definition) is 2. The molecule has 3 rings (SSSR count). The van der Waals surface area contributed by atoms with Crippen LogP contribution in [0, 0.1) is 12.8 Å². The Hall–Kier alpha value is -2.25. The van der Waals surface area contributed by atoms with Gasteiger partial charge in [-0.05, 0) is 42.8 Å². The number of carbonyl (C=O) groups excluding carboxylic acids is 2. The van der Waals surface area contributed by atoms with E-state index in [-0.39, 0.29) is 29.6 Å². The fourth-order valence-electron chi connectivity index (χ4n) is 2.91. The fourth-order valence-corrected chi connectivity index (χ4v) is 3.25. The third-order valence-electron chi connectivity index (χ3n) is 4.51. The Balaban J connectivity index is 1.76. The molecule has 0 spiro atoms. The maximum Gasteiger partial charge on any atom is 0.416 e. The van der Waals surface area contributed by atoms with Crippen LogP contribution in [0.2, 0.25) is 10.0 Å².